The number of carbonyl (C=O) groups is 2. The molecule has 0 saturated heterocycles. The number of rotatable bonds is 7. The monoisotopic (exact) mass is 228 g/mol. The van der Waals surface area contributed by atoms with Gasteiger partial charge in [-0.25, -0.2) is 0 Å². The third-order valence-corrected chi connectivity index (χ3v) is 1.94. The fraction of sp³-hybridized carbons (Fsp3) is 0.778. The number of hydrogen-bond donors (Lipinski definition) is 2. The van der Waals surface area contributed by atoms with E-state index in [9.17, 15) is 9.59 Å². The van der Waals surface area contributed by atoms with Crippen LogP contribution in [0.4, 0.5) is 0 Å². The second kappa shape index (κ2) is 10.1. The summed E-state index contributed by atoms with van der Waals surface area (Å²) in [6.45, 7) is 2.05. The van der Waals surface area contributed by atoms with Gasteiger partial charge in [0.15, 0.2) is 5.92 Å². The first-order valence-electron chi connectivity index (χ1n) is 4.55. The zero-order valence-corrected chi connectivity index (χ0v) is 7.82. The molecule has 78 valence electrons. The summed E-state index contributed by atoms with van der Waals surface area (Å²) in [5.74, 6) is -3.69. The predicted molar refractivity (Wildman–Crippen MR) is 54.7 cm³/mol. The Morgan fingerprint density at radius 1 is 1.07 bits per heavy atom. The number of unbranched alkanes of at least 4 members (excludes halogenated alkanes) is 3. The van der Waals surface area contributed by atoms with Gasteiger partial charge in [0.2, 0.25) is 0 Å². The summed E-state index contributed by atoms with van der Waals surface area (Å²) in [6.07, 6.45) is 3.92. The van der Waals surface area contributed by atoms with Gasteiger partial charge in [0.1, 0.15) is 0 Å². The van der Waals surface area contributed by atoms with Crippen LogP contribution in [0.25, 0.3) is 0 Å². The summed E-state index contributed by atoms with van der Waals surface area (Å²) >= 11 is 0. The molecule has 0 unspecified atom stereocenters. The van der Waals surface area contributed by atoms with Gasteiger partial charge < -0.3 is 10.2 Å². The average molecular weight is 228 g/mol. The molecule has 0 fully saturated rings. The minimum atomic E-state index is -1.23. The molecule has 0 aromatic carbocycles. The molecule has 0 rings (SSSR count). The standard InChI is InChI=1S/C9H16O4.K.H/c1-2-3-4-5-6-7(8(10)11)9(12)13;;/h7H,2-6H2,1H3,(H,10,11)(H,12,13);;. The molecule has 0 aliphatic carbocycles. The fourth-order valence-corrected chi connectivity index (χ4v) is 1.13. The molecule has 14 heavy (non-hydrogen) atoms. The van der Waals surface area contributed by atoms with Crippen molar-refractivity contribution in [2.24, 2.45) is 5.92 Å². The molecule has 0 aromatic rings. The second-order valence-corrected chi connectivity index (χ2v) is 3.08. The minimum absolute atomic E-state index is 0. The van der Waals surface area contributed by atoms with Crippen molar-refractivity contribution in [1.29, 1.82) is 0 Å². The van der Waals surface area contributed by atoms with E-state index in [0.717, 1.165) is 19.3 Å². The summed E-state index contributed by atoms with van der Waals surface area (Å²) < 4.78 is 0. The Labute approximate surface area is 126 Å². The number of carboxylic acids is 2. The molecular formula is C9H17KO4. The third kappa shape index (κ3) is 7.93. The van der Waals surface area contributed by atoms with Gasteiger partial charge in [-0.15, -0.1) is 0 Å². The van der Waals surface area contributed by atoms with Crippen molar-refractivity contribution in [1.82, 2.24) is 0 Å². The van der Waals surface area contributed by atoms with E-state index in [0.29, 0.717) is 6.42 Å². The number of hydrogen-bond acceptors (Lipinski definition) is 2. The van der Waals surface area contributed by atoms with Crippen LogP contribution in [0.1, 0.15) is 39.0 Å². The Kier molecular flexibility index (Phi) is 12.3. The summed E-state index contributed by atoms with van der Waals surface area (Å²) in [5.41, 5.74) is 0. The molecule has 0 heterocycles. The number of aliphatic carboxylic acids is 2. The van der Waals surface area contributed by atoms with Crippen molar-refractivity contribution in [2.75, 3.05) is 0 Å². The number of carboxylic acid groups (broad SMARTS) is 2. The summed E-state index contributed by atoms with van der Waals surface area (Å²) in [5, 5.41) is 17.0. The Bertz CT molecular complexity index is 168. The van der Waals surface area contributed by atoms with E-state index in [1.807, 2.05) is 6.92 Å². The Balaban J connectivity index is 0. The van der Waals surface area contributed by atoms with Crippen LogP contribution >= 0.6 is 0 Å². The van der Waals surface area contributed by atoms with Gasteiger partial charge >= 0.3 is 63.3 Å². The zero-order valence-electron chi connectivity index (χ0n) is 7.82. The second-order valence-electron chi connectivity index (χ2n) is 3.08. The Hall–Kier alpha value is 0.576. The van der Waals surface area contributed by atoms with Crippen LogP contribution in [0.5, 0.6) is 0 Å². The van der Waals surface area contributed by atoms with Gasteiger partial charge in [-0.2, -0.15) is 0 Å². The third-order valence-electron chi connectivity index (χ3n) is 1.94. The van der Waals surface area contributed by atoms with Gasteiger partial charge in [0, 0.05) is 0 Å². The Morgan fingerprint density at radius 2 is 1.57 bits per heavy atom. The molecule has 4 nitrogen and oxygen atoms in total. The van der Waals surface area contributed by atoms with E-state index in [4.69, 9.17) is 10.2 Å². The molecule has 0 aromatic heterocycles. The van der Waals surface area contributed by atoms with Crippen LogP contribution in [-0.2, 0) is 9.59 Å². The van der Waals surface area contributed by atoms with Crippen molar-refractivity contribution >= 4 is 63.3 Å². The van der Waals surface area contributed by atoms with Crippen molar-refractivity contribution in [2.45, 2.75) is 39.0 Å². The van der Waals surface area contributed by atoms with Gasteiger partial charge in [-0.3, -0.25) is 9.59 Å². The van der Waals surface area contributed by atoms with Crippen LogP contribution in [-0.4, -0.2) is 73.5 Å². The molecular weight excluding hydrogens is 211 g/mol. The molecule has 2 N–H and O–H groups in total. The first-order valence-corrected chi connectivity index (χ1v) is 4.55. The van der Waals surface area contributed by atoms with Crippen molar-refractivity contribution in [3.8, 4) is 0 Å². The molecule has 0 amide bonds. The van der Waals surface area contributed by atoms with Gasteiger partial charge in [-0.1, -0.05) is 32.6 Å². The molecule has 0 spiro atoms. The van der Waals surface area contributed by atoms with Crippen molar-refractivity contribution in [3.63, 3.8) is 0 Å². The van der Waals surface area contributed by atoms with E-state index >= 15 is 0 Å². The topological polar surface area (TPSA) is 74.6 Å². The normalized spacial score (nSPS) is 9.57. The molecule has 0 aliphatic heterocycles. The van der Waals surface area contributed by atoms with Gasteiger partial charge in [0.05, 0.1) is 0 Å². The van der Waals surface area contributed by atoms with Crippen molar-refractivity contribution in [3.05, 3.63) is 0 Å². The van der Waals surface area contributed by atoms with Crippen molar-refractivity contribution < 1.29 is 19.8 Å². The van der Waals surface area contributed by atoms with Crippen LogP contribution in [0.3, 0.4) is 0 Å². The maximum atomic E-state index is 10.4. The van der Waals surface area contributed by atoms with E-state index in [-0.39, 0.29) is 57.8 Å². The molecule has 5 heteroatoms. The average Bonchev–Trinajstić information content (AvgIpc) is 2.02. The first-order chi connectivity index (χ1) is 6.09. The van der Waals surface area contributed by atoms with E-state index in [1.54, 1.807) is 0 Å². The van der Waals surface area contributed by atoms with Gasteiger partial charge in [-0.05, 0) is 6.42 Å². The Morgan fingerprint density at radius 3 is 1.93 bits per heavy atom. The molecule has 0 saturated carbocycles. The summed E-state index contributed by atoms with van der Waals surface area (Å²) in [7, 11) is 0. The maximum absolute atomic E-state index is 10.4. The zero-order chi connectivity index (χ0) is 10.3. The summed E-state index contributed by atoms with van der Waals surface area (Å²) in [4.78, 5) is 20.8. The molecule has 0 atom stereocenters. The quantitative estimate of drug-likeness (QED) is 0.388. The fourth-order valence-electron chi connectivity index (χ4n) is 1.13. The van der Waals surface area contributed by atoms with Crippen LogP contribution < -0.4 is 0 Å². The van der Waals surface area contributed by atoms with Crippen LogP contribution in [0.2, 0.25) is 0 Å². The SMILES string of the molecule is CCCCCCC(C(=O)O)C(=O)O.[KH]. The van der Waals surface area contributed by atoms with E-state index in [1.165, 1.54) is 0 Å². The molecule has 0 radical (unpaired) electrons. The van der Waals surface area contributed by atoms with Crippen LogP contribution in [0.15, 0.2) is 0 Å². The van der Waals surface area contributed by atoms with Gasteiger partial charge in [0.25, 0.3) is 0 Å². The first kappa shape index (κ1) is 17.0. The predicted octanol–water partition coefficient (Wildman–Crippen LogP) is 1.09. The van der Waals surface area contributed by atoms with E-state index in [2.05, 4.69) is 0 Å². The van der Waals surface area contributed by atoms with Crippen LogP contribution in [0, 0.1) is 5.92 Å². The molecule has 0 bridgehead atoms. The van der Waals surface area contributed by atoms with E-state index < -0.39 is 17.9 Å². The molecule has 0 aliphatic rings. The summed E-state index contributed by atoms with van der Waals surface area (Å²) in [6, 6.07) is 0.